The van der Waals surface area contributed by atoms with Gasteiger partial charge in [-0.05, 0) is 45.0 Å². The van der Waals surface area contributed by atoms with E-state index >= 15 is 0 Å². The van der Waals surface area contributed by atoms with Crippen LogP contribution < -0.4 is 0 Å². The van der Waals surface area contributed by atoms with Crippen molar-refractivity contribution in [3.8, 4) is 11.3 Å². The molecule has 0 spiro atoms. The van der Waals surface area contributed by atoms with Crippen molar-refractivity contribution in [3.05, 3.63) is 102 Å². The van der Waals surface area contributed by atoms with Gasteiger partial charge in [0.25, 0.3) is 0 Å². The molecule has 1 aliphatic carbocycles. The number of hydrogen-bond acceptors (Lipinski definition) is 1. The largest absolute Gasteiger partial charge is 0.256 e. The maximum Gasteiger partial charge on any atom is 0.0780 e. The van der Waals surface area contributed by atoms with E-state index in [1.165, 1.54) is 33.0 Å². The molecule has 1 aromatic heterocycles. The molecule has 1 heteroatoms. The summed E-state index contributed by atoms with van der Waals surface area (Å²) in [6, 6.07) is 28.5. The van der Waals surface area contributed by atoms with Gasteiger partial charge in [-0.15, -0.1) is 0 Å². The lowest BCUT2D eigenvalue weighted by Gasteiger charge is -2.36. The first kappa shape index (κ1) is 18.1. The fourth-order valence-corrected chi connectivity index (χ4v) is 5.81. The summed E-state index contributed by atoms with van der Waals surface area (Å²) in [5, 5.41) is 2.52. The Balaban J connectivity index is 1.78. The van der Waals surface area contributed by atoms with E-state index in [9.17, 15) is 0 Å². The third kappa shape index (κ3) is 2.64. The van der Waals surface area contributed by atoms with Crippen molar-refractivity contribution in [3.63, 3.8) is 0 Å². The van der Waals surface area contributed by atoms with Crippen LogP contribution in [-0.4, -0.2) is 4.98 Å². The van der Waals surface area contributed by atoms with Gasteiger partial charge in [-0.3, -0.25) is 4.98 Å². The third-order valence-corrected chi connectivity index (χ3v) is 6.91. The van der Waals surface area contributed by atoms with Crippen molar-refractivity contribution >= 4 is 10.8 Å². The van der Waals surface area contributed by atoms with Crippen molar-refractivity contribution in [2.24, 2.45) is 0 Å². The molecule has 1 nitrogen and oxygen atoms in total. The van der Waals surface area contributed by atoms with Crippen molar-refractivity contribution < 1.29 is 0 Å². The molecule has 3 aromatic carbocycles. The van der Waals surface area contributed by atoms with Crippen LogP contribution in [-0.2, 0) is 10.8 Å². The van der Waals surface area contributed by atoms with Gasteiger partial charge in [0.15, 0.2) is 0 Å². The molecule has 144 valence electrons. The zero-order chi connectivity index (χ0) is 20.2. The second-order valence-corrected chi connectivity index (χ2v) is 9.43. The third-order valence-electron chi connectivity index (χ3n) is 6.91. The molecule has 1 atom stereocenters. The lowest BCUT2D eigenvalue weighted by Crippen LogP contribution is -2.31. The summed E-state index contributed by atoms with van der Waals surface area (Å²) < 4.78 is 0. The Morgan fingerprint density at radius 1 is 0.690 bits per heavy atom. The van der Waals surface area contributed by atoms with Gasteiger partial charge in [-0.25, -0.2) is 0 Å². The predicted octanol–water partition coefficient (Wildman–Crippen LogP) is 7.25. The number of fused-ring (bicyclic) bond motifs is 2. The molecule has 5 rings (SSSR count). The van der Waals surface area contributed by atoms with E-state index in [0.29, 0.717) is 5.92 Å². The lowest BCUT2D eigenvalue weighted by atomic mass is 9.67. The van der Waals surface area contributed by atoms with E-state index in [1.54, 1.807) is 0 Å². The fraction of sp³-hybridized carbons (Fsp3) is 0.250. The van der Waals surface area contributed by atoms with Crippen molar-refractivity contribution in [2.45, 2.75) is 44.4 Å². The summed E-state index contributed by atoms with van der Waals surface area (Å²) in [5.41, 5.74) is 6.69. The van der Waals surface area contributed by atoms with Gasteiger partial charge >= 0.3 is 0 Å². The van der Waals surface area contributed by atoms with Gasteiger partial charge < -0.3 is 0 Å². The van der Waals surface area contributed by atoms with E-state index in [2.05, 4.69) is 107 Å². The summed E-state index contributed by atoms with van der Waals surface area (Å²) in [7, 11) is 0. The first-order chi connectivity index (χ1) is 13.9. The molecule has 0 saturated heterocycles. The molecule has 0 aliphatic heterocycles. The van der Waals surface area contributed by atoms with Crippen LogP contribution >= 0.6 is 0 Å². The molecule has 0 bridgehead atoms. The highest BCUT2D eigenvalue weighted by atomic mass is 14.7. The SMILES string of the molecule is CC1(C)c2cc3ccnc(-c4ccccc4)c3cc2C(C)(C)C1c1ccccc1. The molecule has 0 N–H and O–H groups in total. The van der Waals surface area contributed by atoms with Gasteiger partial charge in [0.1, 0.15) is 0 Å². The van der Waals surface area contributed by atoms with Crippen LogP contribution in [0.3, 0.4) is 0 Å². The summed E-state index contributed by atoms with van der Waals surface area (Å²) in [4.78, 5) is 4.76. The van der Waals surface area contributed by atoms with Gasteiger partial charge in [-0.1, -0.05) is 94.4 Å². The molecule has 0 radical (unpaired) electrons. The van der Waals surface area contributed by atoms with Gasteiger partial charge in [0, 0.05) is 23.1 Å². The molecule has 29 heavy (non-hydrogen) atoms. The highest BCUT2D eigenvalue weighted by molar-refractivity contribution is 5.96. The summed E-state index contributed by atoms with van der Waals surface area (Å²) >= 11 is 0. The Morgan fingerprint density at radius 3 is 1.93 bits per heavy atom. The first-order valence-electron chi connectivity index (χ1n) is 10.4. The molecular formula is C28H27N. The average molecular weight is 378 g/mol. The number of rotatable bonds is 2. The van der Waals surface area contributed by atoms with Crippen LogP contribution in [0, 0.1) is 0 Å². The van der Waals surface area contributed by atoms with Gasteiger partial charge in [0.2, 0.25) is 0 Å². The lowest BCUT2D eigenvalue weighted by molar-refractivity contribution is 0.330. The van der Waals surface area contributed by atoms with Crippen molar-refractivity contribution in [1.82, 2.24) is 4.98 Å². The molecule has 4 aromatic rings. The molecule has 1 heterocycles. The second-order valence-electron chi connectivity index (χ2n) is 9.43. The Labute approximate surface area is 173 Å². The van der Waals surface area contributed by atoms with Crippen LogP contribution in [0.1, 0.15) is 50.3 Å². The highest BCUT2D eigenvalue weighted by Gasteiger charge is 2.51. The van der Waals surface area contributed by atoms with Gasteiger partial charge in [-0.2, -0.15) is 0 Å². The molecule has 1 unspecified atom stereocenters. The maximum absolute atomic E-state index is 4.76. The Bertz CT molecular complexity index is 1190. The number of aromatic nitrogens is 1. The zero-order valence-electron chi connectivity index (χ0n) is 17.6. The minimum absolute atomic E-state index is 0.0399. The number of pyridine rings is 1. The average Bonchev–Trinajstić information content (AvgIpc) is 2.88. The predicted molar refractivity (Wildman–Crippen MR) is 122 cm³/mol. The molecule has 0 fully saturated rings. The number of hydrogen-bond donors (Lipinski definition) is 0. The van der Waals surface area contributed by atoms with Crippen LogP contribution in [0.4, 0.5) is 0 Å². The van der Waals surface area contributed by atoms with Crippen LogP contribution in [0.5, 0.6) is 0 Å². The van der Waals surface area contributed by atoms with Gasteiger partial charge in [0.05, 0.1) is 5.69 Å². The normalized spacial score (nSPS) is 19.2. The minimum atomic E-state index is 0.0399. The van der Waals surface area contributed by atoms with E-state index in [1.807, 2.05) is 6.20 Å². The maximum atomic E-state index is 4.76. The minimum Gasteiger partial charge on any atom is -0.256 e. The zero-order valence-corrected chi connectivity index (χ0v) is 17.6. The quantitative estimate of drug-likeness (QED) is 0.358. The second kappa shape index (κ2) is 6.29. The smallest absolute Gasteiger partial charge is 0.0780 e. The standard InChI is InChI=1S/C28H27N/c1-27(2)23-17-21-15-16-29-25(19-11-7-5-8-12-19)22(21)18-24(23)28(3,4)26(27)20-13-9-6-10-14-20/h5-18,26H,1-4H3. The van der Waals surface area contributed by atoms with Crippen molar-refractivity contribution in [1.29, 1.82) is 0 Å². The number of nitrogens with zero attached hydrogens (tertiary/aromatic N) is 1. The number of benzene rings is 3. The van der Waals surface area contributed by atoms with Crippen LogP contribution in [0.2, 0.25) is 0 Å². The van der Waals surface area contributed by atoms with Crippen molar-refractivity contribution in [2.75, 3.05) is 0 Å². The monoisotopic (exact) mass is 377 g/mol. The highest BCUT2D eigenvalue weighted by Crippen LogP contribution is 2.59. The topological polar surface area (TPSA) is 12.9 Å². The molecular weight excluding hydrogens is 350 g/mol. The summed E-state index contributed by atoms with van der Waals surface area (Å²) in [6.07, 6.45) is 1.94. The Morgan fingerprint density at radius 2 is 1.28 bits per heavy atom. The summed E-state index contributed by atoms with van der Waals surface area (Å²) in [5.74, 6) is 0.427. The first-order valence-corrected chi connectivity index (χ1v) is 10.4. The molecule has 0 saturated carbocycles. The fourth-order valence-electron chi connectivity index (χ4n) is 5.81. The van der Waals surface area contributed by atoms with E-state index in [0.717, 1.165) is 5.69 Å². The van der Waals surface area contributed by atoms with E-state index in [-0.39, 0.29) is 10.8 Å². The molecule has 0 amide bonds. The Kier molecular flexibility index (Phi) is 3.93. The van der Waals surface area contributed by atoms with Crippen LogP contribution in [0.15, 0.2) is 85.1 Å². The molecule has 1 aliphatic rings. The van der Waals surface area contributed by atoms with Crippen LogP contribution in [0.25, 0.3) is 22.0 Å². The van der Waals surface area contributed by atoms with E-state index in [4.69, 9.17) is 4.98 Å². The summed E-state index contributed by atoms with van der Waals surface area (Å²) in [6.45, 7) is 9.62. The van der Waals surface area contributed by atoms with E-state index < -0.39 is 0 Å². The Hall–Kier alpha value is -2.93.